The van der Waals surface area contributed by atoms with Crippen LogP contribution >= 0.6 is 0 Å². The lowest BCUT2D eigenvalue weighted by atomic mass is 9.89. The molecule has 1 aliphatic carbocycles. The van der Waals surface area contributed by atoms with Gasteiger partial charge in [-0.05, 0) is 31.6 Å². The Morgan fingerprint density at radius 3 is 2.54 bits per heavy atom. The number of morpholine rings is 1. The van der Waals surface area contributed by atoms with Crippen LogP contribution in [0.25, 0.3) is 0 Å². The van der Waals surface area contributed by atoms with Crippen molar-refractivity contribution in [2.75, 3.05) is 55.7 Å². The lowest BCUT2D eigenvalue weighted by molar-refractivity contribution is -0.125. The smallest absolute Gasteiger partial charge is 0.223 e. The molecule has 154 valence electrons. The summed E-state index contributed by atoms with van der Waals surface area (Å²) in [7, 11) is 0. The quantitative estimate of drug-likeness (QED) is 0.835. The van der Waals surface area contributed by atoms with Gasteiger partial charge in [-0.15, -0.1) is 0 Å². The van der Waals surface area contributed by atoms with E-state index in [0.717, 1.165) is 70.3 Å². The summed E-state index contributed by atoms with van der Waals surface area (Å²) in [5.74, 6) is 2.08. The van der Waals surface area contributed by atoms with Gasteiger partial charge in [-0.3, -0.25) is 4.79 Å². The van der Waals surface area contributed by atoms with E-state index in [1.165, 1.54) is 32.1 Å². The predicted molar refractivity (Wildman–Crippen MR) is 110 cm³/mol. The lowest BCUT2D eigenvalue weighted by Gasteiger charge is -2.36. The van der Waals surface area contributed by atoms with E-state index in [0.29, 0.717) is 5.92 Å². The molecule has 1 N–H and O–H groups in total. The van der Waals surface area contributed by atoms with Gasteiger partial charge in [0.2, 0.25) is 5.91 Å². The van der Waals surface area contributed by atoms with Gasteiger partial charge in [-0.1, -0.05) is 19.3 Å². The standard InChI is InChI=1S/C21H33N5O2/c27-21(23-14-17-4-2-1-3-5-17)18-6-8-25(9-7-18)19-15-22-16-24-20(19)26-10-12-28-13-11-26/h15-18H,1-14H2,(H,23,27). The first-order chi connectivity index (χ1) is 13.8. The monoisotopic (exact) mass is 387 g/mol. The zero-order chi connectivity index (χ0) is 19.2. The molecule has 0 spiro atoms. The molecule has 2 saturated heterocycles. The van der Waals surface area contributed by atoms with Gasteiger partial charge in [-0.25, -0.2) is 9.97 Å². The number of nitrogens with zero attached hydrogens (tertiary/aromatic N) is 4. The van der Waals surface area contributed by atoms with Crippen molar-refractivity contribution < 1.29 is 9.53 Å². The van der Waals surface area contributed by atoms with Crippen molar-refractivity contribution in [2.45, 2.75) is 44.9 Å². The van der Waals surface area contributed by atoms with Gasteiger partial charge in [0, 0.05) is 38.6 Å². The zero-order valence-corrected chi connectivity index (χ0v) is 16.8. The van der Waals surface area contributed by atoms with E-state index in [9.17, 15) is 4.79 Å². The van der Waals surface area contributed by atoms with Gasteiger partial charge in [-0.2, -0.15) is 0 Å². The van der Waals surface area contributed by atoms with Crippen molar-refractivity contribution in [3.05, 3.63) is 12.5 Å². The number of hydrogen-bond acceptors (Lipinski definition) is 6. The Balaban J connectivity index is 1.30. The van der Waals surface area contributed by atoms with E-state index >= 15 is 0 Å². The van der Waals surface area contributed by atoms with Crippen molar-refractivity contribution in [2.24, 2.45) is 11.8 Å². The summed E-state index contributed by atoms with van der Waals surface area (Å²) in [6, 6.07) is 0. The highest BCUT2D eigenvalue weighted by atomic mass is 16.5. The minimum atomic E-state index is 0.135. The maximum atomic E-state index is 12.6. The Morgan fingerprint density at radius 2 is 1.79 bits per heavy atom. The molecule has 0 radical (unpaired) electrons. The first kappa shape index (κ1) is 19.4. The molecule has 4 rings (SSSR count). The van der Waals surface area contributed by atoms with Gasteiger partial charge < -0.3 is 19.9 Å². The number of nitrogens with one attached hydrogen (secondary N) is 1. The number of amides is 1. The van der Waals surface area contributed by atoms with Crippen LogP contribution in [0.2, 0.25) is 0 Å². The summed E-state index contributed by atoms with van der Waals surface area (Å²) in [4.78, 5) is 26.1. The Labute approximate surface area is 167 Å². The van der Waals surface area contributed by atoms with Crippen LogP contribution in [0, 0.1) is 11.8 Å². The topological polar surface area (TPSA) is 70.6 Å². The second-order valence-electron chi connectivity index (χ2n) is 8.34. The van der Waals surface area contributed by atoms with Crippen LogP contribution in [0.4, 0.5) is 11.5 Å². The molecule has 7 heteroatoms. The first-order valence-corrected chi connectivity index (χ1v) is 11.0. The molecule has 0 atom stereocenters. The summed E-state index contributed by atoms with van der Waals surface area (Å²) in [6.07, 6.45) is 11.9. The molecule has 3 heterocycles. The highest BCUT2D eigenvalue weighted by Crippen LogP contribution is 2.30. The highest BCUT2D eigenvalue weighted by Gasteiger charge is 2.28. The van der Waals surface area contributed by atoms with Crippen molar-refractivity contribution in [1.82, 2.24) is 15.3 Å². The number of ether oxygens (including phenoxy) is 1. The Morgan fingerprint density at radius 1 is 1.04 bits per heavy atom. The maximum Gasteiger partial charge on any atom is 0.223 e. The van der Waals surface area contributed by atoms with Gasteiger partial charge >= 0.3 is 0 Å². The van der Waals surface area contributed by atoms with Crippen molar-refractivity contribution >= 4 is 17.4 Å². The average molecular weight is 388 g/mol. The van der Waals surface area contributed by atoms with Gasteiger partial charge in [0.1, 0.15) is 6.33 Å². The van der Waals surface area contributed by atoms with Crippen molar-refractivity contribution in [3.8, 4) is 0 Å². The van der Waals surface area contributed by atoms with E-state index in [-0.39, 0.29) is 11.8 Å². The van der Waals surface area contributed by atoms with Crippen LogP contribution in [0.5, 0.6) is 0 Å². The fourth-order valence-corrected chi connectivity index (χ4v) is 4.72. The molecule has 0 bridgehead atoms. The first-order valence-electron chi connectivity index (χ1n) is 11.0. The number of piperidine rings is 1. The van der Waals surface area contributed by atoms with Gasteiger partial charge in [0.25, 0.3) is 0 Å². The molecular weight excluding hydrogens is 354 g/mol. The summed E-state index contributed by atoms with van der Waals surface area (Å²) in [5.41, 5.74) is 1.09. The molecule has 3 aliphatic rings. The summed E-state index contributed by atoms with van der Waals surface area (Å²) >= 11 is 0. The molecule has 1 amide bonds. The second-order valence-corrected chi connectivity index (χ2v) is 8.34. The largest absolute Gasteiger partial charge is 0.378 e. The maximum absolute atomic E-state index is 12.6. The highest BCUT2D eigenvalue weighted by molar-refractivity contribution is 5.79. The minimum absolute atomic E-state index is 0.135. The Hall–Kier alpha value is -1.89. The number of carbonyl (C=O) groups is 1. The molecule has 1 saturated carbocycles. The Bertz CT molecular complexity index is 635. The van der Waals surface area contributed by atoms with Crippen molar-refractivity contribution in [1.29, 1.82) is 0 Å². The van der Waals surface area contributed by atoms with E-state index < -0.39 is 0 Å². The predicted octanol–water partition coefficient (Wildman–Crippen LogP) is 2.23. The van der Waals surface area contributed by atoms with Crippen LogP contribution in [0.1, 0.15) is 44.9 Å². The van der Waals surface area contributed by atoms with E-state index in [2.05, 4.69) is 25.1 Å². The van der Waals surface area contributed by atoms with E-state index in [4.69, 9.17) is 4.74 Å². The van der Waals surface area contributed by atoms with Gasteiger partial charge in [0.15, 0.2) is 5.82 Å². The molecule has 1 aromatic heterocycles. The number of anilines is 2. The minimum Gasteiger partial charge on any atom is -0.378 e. The normalized spacial score (nSPS) is 22.3. The molecular formula is C21H33N5O2. The molecule has 7 nitrogen and oxygen atoms in total. The van der Waals surface area contributed by atoms with Crippen LogP contribution in [0.15, 0.2) is 12.5 Å². The number of rotatable bonds is 5. The molecule has 0 unspecified atom stereocenters. The van der Waals surface area contributed by atoms with Crippen LogP contribution in [-0.4, -0.2) is 61.8 Å². The van der Waals surface area contributed by atoms with Crippen molar-refractivity contribution in [3.63, 3.8) is 0 Å². The third kappa shape index (κ3) is 4.74. The molecule has 1 aromatic rings. The summed E-state index contributed by atoms with van der Waals surface area (Å²) in [5, 5.41) is 3.24. The van der Waals surface area contributed by atoms with E-state index in [1.54, 1.807) is 6.33 Å². The molecule has 3 fully saturated rings. The number of hydrogen-bond donors (Lipinski definition) is 1. The molecule has 0 aromatic carbocycles. The summed E-state index contributed by atoms with van der Waals surface area (Å²) < 4.78 is 5.47. The summed E-state index contributed by atoms with van der Waals surface area (Å²) in [6.45, 7) is 5.85. The fraction of sp³-hybridized carbons (Fsp3) is 0.762. The van der Waals surface area contributed by atoms with Crippen LogP contribution < -0.4 is 15.1 Å². The average Bonchev–Trinajstić information content (AvgIpc) is 2.79. The Kier molecular flexibility index (Phi) is 6.62. The third-order valence-corrected chi connectivity index (χ3v) is 6.48. The van der Waals surface area contributed by atoms with Crippen LogP contribution in [0.3, 0.4) is 0 Å². The number of carbonyl (C=O) groups excluding carboxylic acids is 1. The fourth-order valence-electron chi connectivity index (χ4n) is 4.72. The number of aromatic nitrogens is 2. The third-order valence-electron chi connectivity index (χ3n) is 6.48. The second kappa shape index (κ2) is 9.54. The van der Waals surface area contributed by atoms with E-state index in [1.807, 2.05) is 6.20 Å². The SMILES string of the molecule is O=C(NCC1CCCCC1)C1CCN(c2cncnc2N2CCOCC2)CC1. The van der Waals surface area contributed by atoms with Crippen LogP contribution in [-0.2, 0) is 9.53 Å². The lowest BCUT2D eigenvalue weighted by Crippen LogP contribution is -2.43. The molecule has 28 heavy (non-hydrogen) atoms. The molecule has 2 aliphatic heterocycles. The zero-order valence-electron chi connectivity index (χ0n) is 16.8. The van der Waals surface area contributed by atoms with Gasteiger partial charge in [0.05, 0.1) is 25.1 Å².